The summed E-state index contributed by atoms with van der Waals surface area (Å²) in [5.41, 5.74) is 1.01. The fourth-order valence-corrected chi connectivity index (χ4v) is 4.71. The van der Waals surface area contributed by atoms with Gasteiger partial charge in [0.2, 0.25) is 5.95 Å². The lowest BCUT2D eigenvalue weighted by Gasteiger charge is -2.25. The summed E-state index contributed by atoms with van der Waals surface area (Å²) in [7, 11) is -3.12. The number of carbonyl (C=O) groups is 1. The third-order valence-electron chi connectivity index (χ3n) is 4.18. The van der Waals surface area contributed by atoms with E-state index >= 15 is 0 Å². The van der Waals surface area contributed by atoms with Crippen LogP contribution in [0, 0.1) is 12.9 Å². The number of hydrogen-bond acceptors (Lipinski definition) is 4. The highest BCUT2D eigenvalue weighted by Gasteiger charge is 2.36. The van der Waals surface area contributed by atoms with Crippen molar-refractivity contribution in [2.24, 2.45) is 0 Å². The molecule has 3 heterocycles. The predicted octanol–water partition coefficient (Wildman–Crippen LogP) is 1.43. The molecule has 0 radical (unpaired) electrons. The molecule has 124 valence electrons. The van der Waals surface area contributed by atoms with Crippen molar-refractivity contribution in [3.8, 4) is 0 Å². The van der Waals surface area contributed by atoms with E-state index in [4.69, 9.17) is 0 Å². The molecular weight excluding hydrogens is 321 g/mol. The van der Waals surface area contributed by atoms with Crippen LogP contribution in [0.2, 0.25) is 0 Å². The quantitative estimate of drug-likeness (QED) is 0.848. The highest BCUT2D eigenvalue weighted by Crippen LogP contribution is 2.21. The summed E-state index contributed by atoms with van der Waals surface area (Å²) in [5.74, 6) is -1.28. The van der Waals surface area contributed by atoms with Crippen LogP contribution >= 0.6 is 0 Å². The average molecular weight is 339 g/mol. The molecule has 2 aromatic heterocycles. The SMILES string of the molecule is CCN(C(=O)c1nc2cc(C)ccn2c1F)[C@@H]1CCS(=O)(=O)C1. The Bertz CT molecular complexity index is 875. The molecule has 0 aromatic carbocycles. The highest BCUT2D eigenvalue weighted by molar-refractivity contribution is 7.91. The predicted molar refractivity (Wildman–Crippen MR) is 83.7 cm³/mol. The minimum atomic E-state index is -3.12. The molecule has 1 amide bonds. The molecule has 1 fully saturated rings. The average Bonchev–Trinajstić information content (AvgIpc) is 3.00. The Kier molecular flexibility index (Phi) is 3.87. The molecular formula is C15H18FN3O3S. The number of amides is 1. The summed E-state index contributed by atoms with van der Waals surface area (Å²) in [6, 6.07) is 3.01. The number of sulfone groups is 1. The number of rotatable bonds is 3. The minimum Gasteiger partial charge on any atom is -0.333 e. The van der Waals surface area contributed by atoms with E-state index in [2.05, 4.69) is 4.98 Å². The Morgan fingerprint density at radius 3 is 2.87 bits per heavy atom. The van der Waals surface area contributed by atoms with Crippen molar-refractivity contribution in [3.05, 3.63) is 35.5 Å². The van der Waals surface area contributed by atoms with Crippen molar-refractivity contribution in [2.75, 3.05) is 18.1 Å². The van der Waals surface area contributed by atoms with E-state index in [0.717, 1.165) is 5.56 Å². The third-order valence-corrected chi connectivity index (χ3v) is 5.93. The summed E-state index contributed by atoms with van der Waals surface area (Å²) in [5, 5.41) is 0. The van der Waals surface area contributed by atoms with Crippen LogP contribution in [-0.2, 0) is 9.84 Å². The van der Waals surface area contributed by atoms with E-state index in [-0.39, 0.29) is 17.2 Å². The fourth-order valence-electron chi connectivity index (χ4n) is 2.98. The van der Waals surface area contributed by atoms with Crippen LogP contribution in [-0.4, -0.2) is 52.7 Å². The summed E-state index contributed by atoms with van der Waals surface area (Å²) < 4.78 is 39.0. The molecule has 0 aliphatic carbocycles. The van der Waals surface area contributed by atoms with Gasteiger partial charge in [0.25, 0.3) is 5.91 Å². The summed E-state index contributed by atoms with van der Waals surface area (Å²) >= 11 is 0. The molecule has 8 heteroatoms. The first-order valence-corrected chi connectivity index (χ1v) is 9.30. The van der Waals surface area contributed by atoms with Crippen LogP contribution < -0.4 is 0 Å². The summed E-state index contributed by atoms with van der Waals surface area (Å²) in [6.07, 6.45) is 1.91. The van der Waals surface area contributed by atoms with E-state index in [9.17, 15) is 17.6 Å². The van der Waals surface area contributed by atoms with Gasteiger partial charge in [-0.05, 0) is 38.0 Å². The summed E-state index contributed by atoms with van der Waals surface area (Å²) in [6.45, 7) is 3.92. The van der Waals surface area contributed by atoms with Gasteiger partial charge in [-0.2, -0.15) is 4.39 Å². The zero-order valence-electron chi connectivity index (χ0n) is 13.0. The molecule has 0 N–H and O–H groups in total. The maximum atomic E-state index is 14.5. The molecule has 3 rings (SSSR count). The van der Waals surface area contributed by atoms with Crippen molar-refractivity contribution >= 4 is 21.4 Å². The first kappa shape index (κ1) is 15.9. The maximum Gasteiger partial charge on any atom is 0.277 e. The van der Waals surface area contributed by atoms with Gasteiger partial charge in [0.15, 0.2) is 15.5 Å². The molecule has 1 atom stereocenters. The monoisotopic (exact) mass is 339 g/mol. The number of aryl methyl sites for hydroxylation is 1. The Labute approximate surface area is 133 Å². The van der Waals surface area contributed by atoms with Gasteiger partial charge in [-0.25, -0.2) is 13.4 Å². The van der Waals surface area contributed by atoms with Crippen molar-refractivity contribution in [1.29, 1.82) is 0 Å². The second-order valence-electron chi connectivity index (χ2n) is 5.83. The van der Waals surface area contributed by atoms with Gasteiger partial charge in [-0.15, -0.1) is 0 Å². The van der Waals surface area contributed by atoms with Crippen LogP contribution in [0.3, 0.4) is 0 Å². The Hall–Kier alpha value is -1.96. The Morgan fingerprint density at radius 2 is 2.26 bits per heavy atom. The minimum absolute atomic E-state index is 0.0638. The lowest BCUT2D eigenvalue weighted by atomic mass is 10.2. The number of fused-ring (bicyclic) bond motifs is 1. The van der Waals surface area contributed by atoms with Gasteiger partial charge in [-0.3, -0.25) is 9.20 Å². The van der Waals surface area contributed by atoms with E-state index in [0.29, 0.717) is 18.6 Å². The number of nitrogens with zero attached hydrogens (tertiary/aromatic N) is 3. The smallest absolute Gasteiger partial charge is 0.277 e. The number of carbonyl (C=O) groups excluding carboxylic acids is 1. The topological polar surface area (TPSA) is 71.8 Å². The van der Waals surface area contributed by atoms with E-state index in [1.54, 1.807) is 19.1 Å². The zero-order chi connectivity index (χ0) is 16.8. The van der Waals surface area contributed by atoms with Gasteiger partial charge in [0, 0.05) is 18.8 Å². The largest absolute Gasteiger partial charge is 0.333 e. The van der Waals surface area contributed by atoms with Crippen LogP contribution in [0.4, 0.5) is 4.39 Å². The molecule has 0 saturated carbocycles. The van der Waals surface area contributed by atoms with Crippen LogP contribution in [0.5, 0.6) is 0 Å². The number of aromatic nitrogens is 2. The second kappa shape index (κ2) is 5.59. The lowest BCUT2D eigenvalue weighted by molar-refractivity contribution is 0.0697. The third kappa shape index (κ3) is 2.83. The van der Waals surface area contributed by atoms with Gasteiger partial charge in [0.1, 0.15) is 5.65 Å². The molecule has 2 aromatic rings. The second-order valence-corrected chi connectivity index (χ2v) is 8.06. The molecule has 1 aliphatic heterocycles. The highest BCUT2D eigenvalue weighted by atomic mass is 32.2. The maximum absolute atomic E-state index is 14.5. The molecule has 6 nitrogen and oxygen atoms in total. The van der Waals surface area contributed by atoms with Gasteiger partial charge < -0.3 is 4.90 Å². The van der Waals surface area contributed by atoms with E-state index < -0.39 is 27.7 Å². The number of hydrogen-bond donors (Lipinski definition) is 0. The van der Waals surface area contributed by atoms with Crippen LogP contribution in [0.1, 0.15) is 29.4 Å². The molecule has 1 saturated heterocycles. The molecule has 0 unspecified atom stereocenters. The Morgan fingerprint density at radius 1 is 1.52 bits per heavy atom. The van der Waals surface area contributed by atoms with Gasteiger partial charge in [-0.1, -0.05) is 0 Å². The molecule has 23 heavy (non-hydrogen) atoms. The standard InChI is InChI=1S/C15H18FN3O3S/c1-3-18(11-5-7-23(21,22)9-11)15(20)13-14(16)19-6-4-10(2)8-12(19)17-13/h4,6,8,11H,3,5,7,9H2,1-2H3/t11-/m1/s1. The van der Waals surface area contributed by atoms with Crippen LogP contribution in [0.25, 0.3) is 5.65 Å². The van der Waals surface area contributed by atoms with E-state index in [1.807, 2.05) is 6.92 Å². The van der Waals surface area contributed by atoms with Crippen LogP contribution in [0.15, 0.2) is 18.3 Å². The summed E-state index contributed by atoms with van der Waals surface area (Å²) in [4.78, 5) is 18.2. The van der Waals surface area contributed by atoms with Crippen molar-refractivity contribution in [3.63, 3.8) is 0 Å². The fraction of sp³-hybridized carbons (Fsp3) is 0.467. The zero-order valence-corrected chi connectivity index (χ0v) is 13.8. The number of pyridine rings is 1. The van der Waals surface area contributed by atoms with Gasteiger partial charge in [0.05, 0.1) is 11.5 Å². The molecule has 0 spiro atoms. The molecule has 1 aliphatic rings. The number of halogens is 1. The normalized spacial score (nSPS) is 20.0. The molecule has 0 bridgehead atoms. The van der Waals surface area contributed by atoms with Gasteiger partial charge >= 0.3 is 0 Å². The number of imidazole rings is 1. The van der Waals surface area contributed by atoms with Crippen molar-refractivity contribution < 1.29 is 17.6 Å². The first-order chi connectivity index (χ1) is 10.8. The van der Waals surface area contributed by atoms with Crippen molar-refractivity contribution in [2.45, 2.75) is 26.3 Å². The van der Waals surface area contributed by atoms with Crippen molar-refractivity contribution in [1.82, 2.24) is 14.3 Å². The lowest BCUT2D eigenvalue weighted by Crippen LogP contribution is -2.41. The van der Waals surface area contributed by atoms with E-state index in [1.165, 1.54) is 15.5 Å². The first-order valence-electron chi connectivity index (χ1n) is 7.48. The Balaban J connectivity index is 1.97.